The van der Waals surface area contributed by atoms with Gasteiger partial charge in [0.1, 0.15) is 0 Å². The minimum Gasteiger partial charge on any atom is -0.465 e. The smallest absolute Gasteiger partial charge is 0.446 e. The number of carbonyl (C=O) groups excluding carboxylic acids is 2. The third-order valence-corrected chi connectivity index (χ3v) is 3.63. The molecule has 0 aliphatic carbocycles. The van der Waals surface area contributed by atoms with Gasteiger partial charge in [-0.2, -0.15) is 13.2 Å². The molecule has 1 amide bonds. The zero-order chi connectivity index (χ0) is 17.7. The topological polar surface area (TPSA) is 55.4 Å². The number of ether oxygens (including phenoxy) is 1. The molecule has 126 valence electrons. The van der Waals surface area contributed by atoms with Gasteiger partial charge in [-0.3, -0.25) is 4.79 Å². The van der Waals surface area contributed by atoms with Crippen LogP contribution < -0.4 is 5.32 Å². The molecule has 4 nitrogen and oxygen atoms in total. The van der Waals surface area contributed by atoms with Gasteiger partial charge in [0.2, 0.25) is 0 Å². The lowest BCUT2D eigenvalue weighted by Crippen LogP contribution is -2.15. The molecule has 0 heterocycles. The predicted molar refractivity (Wildman–Crippen MR) is 84.1 cm³/mol. The fourth-order valence-electron chi connectivity index (χ4n) is 1.91. The van der Waals surface area contributed by atoms with Crippen molar-refractivity contribution in [2.45, 2.75) is 10.4 Å². The minimum atomic E-state index is -4.44. The van der Waals surface area contributed by atoms with Crippen LogP contribution in [0.25, 0.3) is 0 Å². The second-order valence-corrected chi connectivity index (χ2v) is 5.71. The Balaban J connectivity index is 2.22. The van der Waals surface area contributed by atoms with E-state index in [2.05, 4.69) is 10.1 Å². The molecule has 0 bridgehead atoms. The van der Waals surface area contributed by atoms with E-state index in [1.165, 1.54) is 37.4 Å². The molecule has 8 heteroatoms. The first-order chi connectivity index (χ1) is 11.3. The average molecular weight is 355 g/mol. The van der Waals surface area contributed by atoms with Crippen molar-refractivity contribution in [2.75, 3.05) is 12.4 Å². The molecule has 0 aromatic heterocycles. The molecule has 0 spiro atoms. The molecular weight excluding hydrogens is 343 g/mol. The number of hydrogen-bond acceptors (Lipinski definition) is 4. The van der Waals surface area contributed by atoms with Crippen LogP contribution in [0.1, 0.15) is 20.7 Å². The Morgan fingerprint density at radius 3 is 2.46 bits per heavy atom. The Labute approximate surface area is 140 Å². The quantitative estimate of drug-likeness (QED) is 0.655. The molecule has 0 aliphatic heterocycles. The van der Waals surface area contributed by atoms with Crippen LogP contribution in [0.15, 0.2) is 53.4 Å². The van der Waals surface area contributed by atoms with Crippen LogP contribution in [0, 0.1) is 0 Å². The summed E-state index contributed by atoms with van der Waals surface area (Å²) in [6.45, 7) is 0. The van der Waals surface area contributed by atoms with E-state index in [0.29, 0.717) is 0 Å². The van der Waals surface area contributed by atoms with Crippen LogP contribution in [-0.2, 0) is 4.74 Å². The number of amides is 1. The minimum absolute atomic E-state index is 0.0453. The molecular formula is C16H12F3NO3S. The fourth-order valence-corrected chi connectivity index (χ4v) is 2.51. The Hall–Kier alpha value is -2.48. The Morgan fingerprint density at radius 2 is 1.79 bits per heavy atom. The van der Waals surface area contributed by atoms with Crippen LogP contribution in [0.2, 0.25) is 0 Å². The van der Waals surface area contributed by atoms with E-state index in [0.717, 1.165) is 6.07 Å². The van der Waals surface area contributed by atoms with Crippen LogP contribution >= 0.6 is 11.8 Å². The van der Waals surface area contributed by atoms with E-state index in [9.17, 15) is 22.8 Å². The molecule has 2 aromatic rings. The monoisotopic (exact) mass is 355 g/mol. The van der Waals surface area contributed by atoms with Gasteiger partial charge in [0, 0.05) is 10.5 Å². The normalized spacial score (nSPS) is 11.0. The first kappa shape index (κ1) is 17.9. The van der Waals surface area contributed by atoms with E-state index in [1.807, 2.05) is 0 Å². The number of nitrogens with one attached hydrogen (secondary N) is 1. The predicted octanol–water partition coefficient (Wildman–Crippen LogP) is 4.34. The second-order valence-electron chi connectivity index (χ2n) is 4.57. The summed E-state index contributed by atoms with van der Waals surface area (Å²) in [6.07, 6.45) is 0. The van der Waals surface area contributed by atoms with Crippen molar-refractivity contribution >= 4 is 29.3 Å². The molecule has 0 fully saturated rings. The maximum atomic E-state index is 12.4. The highest BCUT2D eigenvalue weighted by molar-refractivity contribution is 8.00. The summed E-state index contributed by atoms with van der Waals surface area (Å²) < 4.78 is 41.9. The lowest BCUT2D eigenvalue weighted by Gasteiger charge is -2.11. The fraction of sp³-hybridized carbons (Fsp3) is 0.125. The van der Waals surface area contributed by atoms with Crippen LogP contribution in [0.5, 0.6) is 0 Å². The van der Waals surface area contributed by atoms with Gasteiger partial charge in [-0.1, -0.05) is 18.2 Å². The van der Waals surface area contributed by atoms with Gasteiger partial charge in [0.25, 0.3) is 5.91 Å². The zero-order valence-corrected chi connectivity index (χ0v) is 13.2. The standard InChI is InChI=1S/C16H12F3NO3S/c1-23-15(22)12-7-2-3-8-13(12)20-14(21)10-5-4-6-11(9-10)24-16(17,18)19/h2-9H,1H3,(H,20,21). The molecule has 2 rings (SSSR count). The van der Waals surface area contributed by atoms with Crippen molar-refractivity contribution in [3.8, 4) is 0 Å². The Kier molecular flexibility index (Phi) is 5.50. The van der Waals surface area contributed by atoms with Gasteiger partial charge < -0.3 is 10.1 Å². The molecule has 0 atom stereocenters. The van der Waals surface area contributed by atoms with Crippen molar-refractivity contribution in [3.63, 3.8) is 0 Å². The van der Waals surface area contributed by atoms with Crippen molar-refractivity contribution < 1.29 is 27.5 Å². The molecule has 2 aromatic carbocycles. The second kappa shape index (κ2) is 7.39. The number of esters is 1. The summed E-state index contributed by atoms with van der Waals surface area (Å²) in [6, 6.07) is 11.3. The number of carbonyl (C=O) groups is 2. The lowest BCUT2D eigenvalue weighted by atomic mass is 10.1. The number of anilines is 1. The largest absolute Gasteiger partial charge is 0.465 e. The van der Waals surface area contributed by atoms with E-state index < -0.39 is 17.4 Å². The van der Waals surface area contributed by atoms with Crippen molar-refractivity contribution in [2.24, 2.45) is 0 Å². The van der Waals surface area contributed by atoms with E-state index in [1.54, 1.807) is 12.1 Å². The van der Waals surface area contributed by atoms with Crippen molar-refractivity contribution in [3.05, 3.63) is 59.7 Å². The highest BCUT2D eigenvalue weighted by atomic mass is 32.2. The lowest BCUT2D eigenvalue weighted by molar-refractivity contribution is -0.0328. The van der Waals surface area contributed by atoms with E-state index >= 15 is 0 Å². The SMILES string of the molecule is COC(=O)c1ccccc1NC(=O)c1cccc(SC(F)(F)F)c1. The third-order valence-electron chi connectivity index (χ3n) is 2.91. The van der Waals surface area contributed by atoms with E-state index in [4.69, 9.17) is 0 Å². The Bertz CT molecular complexity index is 762. The number of hydrogen-bond donors (Lipinski definition) is 1. The molecule has 0 aliphatic rings. The van der Waals surface area contributed by atoms with Gasteiger partial charge in [-0.15, -0.1) is 0 Å². The molecule has 0 unspecified atom stereocenters. The highest BCUT2D eigenvalue weighted by Gasteiger charge is 2.29. The molecule has 0 saturated heterocycles. The summed E-state index contributed by atoms with van der Waals surface area (Å²) in [7, 11) is 1.21. The van der Waals surface area contributed by atoms with Gasteiger partial charge in [0.05, 0.1) is 18.4 Å². The van der Waals surface area contributed by atoms with Gasteiger partial charge >= 0.3 is 11.5 Å². The van der Waals surface area contributed by atoms with Crippen molar-refractivity contribution in [1.29, 1.82) is 0 Å². The third kappa shape index (κ3) is 4.76. The molecule has 1 N–H and O–H groups in total. The van der Waals surface area contributed by atoms with Gasteiger partial charge in [-0.25, -0.2) is 4.79 Å². The van der Waals surface area contributed by atoms with Crippen LogP contribution in [0.4, 0.5) is 18.9 Å². The summed E-state index contributed by atoms with van der Waals surface area (Å²) in [4.78, 5) is 23.8. The molecule has 0 saturated carbocycles. The number of halogens is 3. The first-order valence-corrected chi connectivity index (χ1v) is 7.46. The maximum absolute atomic E-state index is 12.4. The van der Waals surface area contributed by atoms with Crippen LogP contribution in [0.3, 0.4) is 0 Å². The number of thioether (sulfide) groups is 1. The number of alkyl halides is 3. The summed E-state index contributed by atoms with van der Waals surface area (Å²) in [5.74, 6) is -1.26. The highest BCUT2D eigenvalue weighted by Crippen LogP contribution is 2.37. The van der Waals surface area contributed by atoms with Crippen molar-refractivity contribution in [1.82, 2.24) is 0 Å². The van der Waals surface area contributed by atoms with Crippen LogP contribution in [-0.4, -0.2) is 24.5 Å². The first-order valence-electron chi connectivity index (χ1n) is 6.64. The Morgan fingerprint density at radius 1 is 1.08 bits per heavy atom. The summed E-state index contributed by atoms with van der Waals surface area (Å²) in [5.41, 5.74) is -4.03. The molecule has 24 heavy (non-hydrogen) atoms. The summed E-state index contributed by atoms with van der Waals surface area (Å²) in [5, 5.41) is 2.50. The number of benzene rings is 2. The summed E-state index contributed by atoms with van der Waals surface area (Å²) >= 11 is -0.304. The average Bonchev–Trinajstić information content (AvgIpc) is 2.53. The number of methoxy groups -OCH3 is 1. The van der Waals surface area contributed by atoms with Gasteiger partial charge in [-0.05, 0) is 42.1 Å². The number of para-hydroxylation sites is 1. The zero-order valence-electron chi connectivity index (χ0n) is 12.4. The van der Waals surface area contributed by atoms with Gasteiger partial charge in [0.15, 0.2) is 0 Å². The maximum Gasteiger partial charge on any atom is 0.446 e. The number of rotatable bonds is 4. The molecule has 0 radical (unpaired) electrons. The van der Waals surface area contributed by atoms with E-state index in [-0.39, 0.29) is 33.5 Å².